The van der Waals surface area contributed by atoms with E-state index in [1.54, 1.807) is 18.4 Å². The summed E-state index contributed by atoms with van der Waals surface area (Å²) in [5.74, 6) is 9.95. The SMILES string of the molecule is C#CC1CC1.Clc1nc(C#CC2CC2)c2occc2n1.Clc1nc(Cl)c2occc2n1. The first kappa shape index (κ1) is 21.5. The monoisotopic (exact) mass is 472 g/mol. The van der Waals surface area contributed by atoms with Gasteiger partial charge in [0.15, 0.2) is 22.0 Å². The van der Waals surface area contributed by atoms with Gasteiger partial charge >= 0.3 is 0 Å². The fourth-order valence-electron chi connectivity index (χ4n) is 2.37. The van der Waals surface area contributed by atoms with Gasteiger partial charge in [0.2, 0.25) is 10.6 Å². The Morgan fingerprint density at radius 1 is 0.806 bits per heavy atom. The predicted octanol–water partition coefficient (Wildman–Crippen LogP) is 6.20. The molecule has 0 aliphatic heterocycles. The zero-order valence-corrected chi connectivity index (χ0v) is 18.4. The smallest absolute Gasteiger partial charge is 0.224 e. The molecule has 6 rings (SSSR count). The van der Waals surface area contributed by atoms with Crippen LogP contribution in [0, 0.1) is 36.0 Å². The summed E-state index contributed by atoms with van der Waals surface area (Å²) in [4.78, 5) is 15.7. The summed E-state index contributed by atoms with van der Waals surface area (Å²) in [5.41, 5.74) is 3.00. The number of rotatable bonds is 0. The molecule has 0 aromatic carbocycles. The van der Waals surface area contributed by atoms with Crippen molar-refractivity contribution in [2.24, 2.45) is 11.8 Å². The highest BCUT2D eigenvalue weighted by Gasteiger charge is 2.18. The van der Waals surface area contributed by atoms with Crippen molar-refractivity contribution >= 4 is 57.0 Å². The Labute approximate surface area is 193 Å². The van der Waals surface area contributed by atoms with Gasteiger partial charge in [0.1, 0.15) is 11.0 Å². The van der Waals surface area contributed by atoms with Gasteiger partial charge in [-0.1, -0.05) is 17.5 Å². The molecule has 2 saturated carbocycles. The van der Waals surface area contributed by atoms with Crippen LogP contribution in [0.1, 0.15) is 31.4 Å². The van der Waals surface area contributed by atoms with Crippen LogP contribution in [0.5, 0.6) is 0 Å². The molecule has 0 N–H and O–H groups in total. The lowest BCUT2D eigenvalue weighted by Gasteiger charge is -1.93. The lowest BCUT2D eigenvalue weighted by molar-refractivity contribution is 0.612. The largest absolute Gasteiger partial charge is 0.460 e. The van der Waals surface area contributed by atoms with Crippen LogP contribution < -0.4 is 0 Å². The molecule has 9 heteroatoms. The van der Waals surface area contributed by atoms with Crippen molar-refractivity contribution in [3.8, 4) is 24.2 Å². The highest BCUT2D eigenvalue weighted by molar-refractivity contribution is 6.35. The summed E-state index contributed by atoms with van der Waals surface area (Å²) in [6.45, 7) is 0. The second-order valence-electron chi connectivity index (χ2n) is 6.88. The molecule has 0 unspecified atom stereocenters. The molecule has 4 aromatic rings. The zero-order valence-electron chi connectivity index (χ0n) is 16.1. The molecule has 2 aliphatic carbocycles. The van der Waals surface area contributed by atoms with Crippen LogP contribution in [0.15, 0.2) is 33.5 Å². The van der Waals surface area contributed by atoms with Gasteiger partial charge < -0.3 is 8.83 Å². The quantitative estimate of drug-likeness (QED) is 0.172. The maximum absolute atomic E-state index is 5.78. The summed E-state index contributed by atoms with van der Waals surface area (Å²) < 4.78 is 10.3. The molecule has 2 aliphatic rings. The number of fused-ring (bicyclic) bond motifs is 2. The van der Waals surface area contributed by atoms with Crippen molar-refractivity contribution in [2.45, 2.75) is 25.7 Å². The van der Waals surface area contributed by atoms with E-state index >= 15 is 0 Å². The standard InChI is InChI=1S/C11H7ClN2O.C6H2Cl2N2O.C5H6/c12-11-13-8(4-3-7-1-2-7)10-9(14-11)5-6-15-10;7-5-4-3(1-2-11-4)9-6(8)10-5;1-2-5-3-4-5/h5-7H,1-2H2;1-2H;1,5H,3-4H2. The highest BCUT2D eigenvalue weighted by atomic mass is 35.5. The van der Waals surface area contributed by atoms with Gasteiger partial charge in [-0.2, -0.15) is 0 Å². The molecule has 0 spiro atoms. The summed E-state index contributed by atoms with van der Waals surface area (Å²) >= 11 is 17.0. The molecule has 156 valence electrons. The van der Waals surface area contributed by atoms with Crippen LogP contribution in [-0.4, -0.2) is 19.9 Å². The molecule has 4 heterocycles. The van der Waals surface area contributed by atoms with Crippen LogP contribution in [0.2, 0.25) is 15.7 Å². The van der Waals surface area contributed by atoms with E-state index in [-0.39, 0.29) is 15.7 Å². The van der Waals surface area contributed by atoms with Gasteiger partial charge in [-0.25, -0.2) is 19.9 Å². The van der Waals surface area contributed by atoms with Gasteiger partial charge in [0, 0.05) is 24.0 Å². The third kappa shape index (κ3) is 5.89. The average molecular weight is 474 g/mol. The van der Waals surface area contributed by atoms with Gasteiger partial charge in [-0.05, 0) is 54.8 Å². The number of hydrogen-bond acceptors (Lipinski definition) is 6. The second kappa shape index (κ2) is 9.58. The summed E-state index contributed by atoms with van der Waals surface area (Å²) in [5, 5.41) is 0.581. The van der Waals surface area contributed by atoms with Gasteiger partial charge in [-0.3, -0.25) is 0 Å². The first-order valence-electron chi connectivity index (χ1n) is 9.48. The van der Waals surface area contributed by atoms with E-state index in [0.29, 0.717) is 39.7 Å². The predicted molar refractivity (Wildman–Crippen MR) is 120 cm³/mol. The first-order chi connectivity index (χ1) is 15.0. The Morgan fingerprint density at radius 3 is 1.97 bits per heavy atom. The van der Waals surface area contributed by atoms with E-state index in [0.717, 1.165) is 0 Å². The molecule has 0 radical (unpaired) electrons. The lowest BCUT2D eigenvalue weighted by atomic mass is 10.3. The van der Waals surface area contributed by atoms with Crippen molar-refractivity contribution in [2.75, 3.05) is 0 Å². The molecule has 0 bridgehead atoms. The van der Waals surface area contributed by atoms with Gasteiger partial charge in [0.25, 0.3) is 0 Å². The first-order valence-corrected chi connectivity index (χ1v) is 10.6. The van der Waals surface area contributed by atoms with Crippen molar-refractivity contribution in [3.05, 3.63) is 46.1 Å². The Morgan fingerprint density at radius 2 is 1.39 bits per heavy atom. The Bertz CT molecular complexity index is 1320. The van der Waals surface area contributed by atoms with Crippen LogP contribution in [0.3, 0.4) is 0 Å². The molecule has 6 nitrogen and oxygen atoms in total. The molecule has 0 saturated heterocycles. The number of terminal acetylenes is 1. The van der Waals surface area contributed by atoms with Crippen LogP contribution in [0.25, 0.3) is 22.2 Å². The number of furan rings is 2. The van der Waals surface area contributed by atoms with E-state index in [1.165, 1.54) is 31.9 Å². The maximum atomic E-state index is 5.78. The van der Waals surface area contributed by atoms with Crippen LogP contribution in [-0.2, 0) is 0 Å². The fourth-order valence-corrected chi connectivity index (χ4v) is 2.98. The van der Waals surface area contributed by atoms with Crippen molar-refractivity contribution < 1.29 is 8.83 Å². The summed E-state index contributed by atoms with van der Waals surface area (Å²) in [6.07, 6.45) is 13.0. The minimum atomic E-state index is 0.129. The third-order valence-electron chi connectivity index (χ3n) is 4.30. The van der Waals surface area contributed by atoms with Gasteiger partial charge in [-0.15, -0.1) is 12.3 Å². The van der Waals surface area contributed by atoms with E-state index in [4.69, 9.17) is 50.1 Å². The van der Waals surface area contributed by atoms with Crippen LogP contribution >= 0.6 is 34.8 Å². The Kier molecular flexibility index (Phi) is 6.63. The maximum Gasteiger partial charge on any atom is 0.224 e. The highest BCUT2D eigenvalue weighted by Crippen LogP contribution is 2.28. The second-order valence-corrected chi connectivity index (χ2v) is 7.91. The summed E-state index contributed by atoms with van der Waals surface area (Å²) in [6, 6.07) is 3.43. The minimum absolute atomic E-state index is 0.129. The van der Waals surface area contributed by atoms with E-state index in [2.05, 4.69) is 37.7 Å². The molecule has 2 fully saturated rings. The molecular formula is C22H15Cl3N4O2. The van der Waals surface area contributed by atoms with E-state index in [1.807, 2.05) is 0 Å². The average Bonchev–Trinajstić information content (AvgIpc) is 3.66. The van der Waals surface area contributed by atoms with E-state index in [9.17, 15) is 0 Å². The molecule has 4 aromatic heterocycles. The summed E-state index contributed by atoms with van der Waals surface area (Å²) in [7, 11) is 0. The number of nitrogens with zero attached hydrogens (tertiary/aromatic N) is 4. The number of aromatic nitrogens is 4. The van der Waals surface area contributed by atoms with Crippen molar-refractivity contribution in [1.29, 1.82) is 0 Å². The zero-order chi connectivity index (χ0) is 21.8. The normalized spacial score (nSPS) is 14.5. The van der Waals surface area contributed by atoms with Crippen molar-refractivity contribution in [3.63, 3.8) is 0 Å². The molecule has 31 heavy (non-hydrogen) atoms. The third-order valence-corrected chi connectivity index (χ3v) is 4.89. The lowest BCUT2D eigenvalue weighted by Crippen LogP contribution is -1.88. The fraction of sp³-hybridized carbons (Fsp3) is 0.273. The van der Waals surface area contributed by atoms with Crippen LogP contribution in [0.4, 0.5) is 0 Å². The molecule has 0 atom stereocenters. The topological polar surface area (TPSA) is 77.8 Å². The Hall–Kier alpha value is -2.77. The van der Waals surface area contributed by atoms with Gasteiger partial charge in [0.05, 0.1) is 12.5 Å². The number of hydrogen-bond donors (Lipinski definition) is 0. The number of halogens is 3. The van der Waals surface area contributed by atoms with E-state index < -0.39 is 0 Å². The Balaban J connectivity index is 0.000000126. The van der Waals surface area contributed by atoms with Crippen molar-refractivity contribution in [1.82, 2.24) is 19.9 Å². The minimum Gasteiger partial charge on any atom is -0.460 e. The molecular weight excluding hydrogens is 459 g/mol. The molecule has 0 amide bonds.